The van der Waals surface area contributed by atoms with Crippen LogP contribution < -0.4 is 11.1 Å². The third-order valence-corrected chi connectivity index (χ3v) is 2.48. The topological polar surface area (TPSA) is 64.3 Å². The molecule has 90 valence electrons. The van der Waals surface area contributed by atoms with Gasteiger partial charge in [0.2, 0.25) is 5.91 Å². The fourth-order valence-electron chi connectivity index (χ4n) is 1.35. The molecule has 0 unspecified atom stereocenters. The van der Waals surface area contributed by atoms with E-state index in [1.807, 2.05) is 0 Å². The fraction of sp³-hybridized carbons (Fsp3) is 0.909. The lowest BCUT2D eigenvalue weighted by Crippen LogP contribution is -2.28. The maximum absolute atomic E-state index is 11.4. The summed E-state index contributed by atoms with van der Waals surface area (Å²) in [5, 5.41) is 2.80. The molecule has 0 heterocycles. The van der Waals surface area contributed by atoms with Crippen molar-refractivity contribution in [2.75, 3.05) is 26.8 Å². The van der Waals surface area contributed by atoms with Gasteiger partial charge < -0.3 is 15.8 Å². The summed E-state index contributed by atoms with van der Waals surface area (Å²) in [5.41, 5.74) is 5.66. The Labute approximate surface area is 92.6 Å². The fourth-order valence-corrected chi connectivity index (χ4v) is 1.35. The summed E-state index contributed by atoms with van der Waals surface area (Å²) in [6.07, 6.45) is 2.40. The number of nitrogens with one attached hydrogen (secondary N) is 1. The number of nitrogens with two attached hydrogens (primary N) is 1. The summed E-state index contributed by atoms with van der Waals surface area (Å²) in [6.45, 7) is 6.12. The number of amides is 1. The maximum atomic E-state index is 11.4. The second-order valence-electron chi connectivity index (χ2n) is 4.55. The van der Waals surface area contributed by atoms with Crippen LogP contribution in [0.25, 0.3) is 0 Å². The number of rotatable bonds is 8. The Balaban J connectivity index is 3.60. The highest BCUT2D eigenvalue weighted by atomic mass is 16.5. The zero-order valence-electron chi connectivity index (χ0n) is 10.1. The molecule has 0 aromatic heterocycles. The van der Waals surface area contributed by atoms with E-state index in [0.29, 0.717) is 26.1 Å². The maximum Gasteiger partial charge on any atom is 0.220 e. The molecule has 0 saturated heterocycles. The highest BCUT2D eigenvalue weighted by molar-refractivity contribution is 5.75. The van der Waals surface area contributed by atoms with Crippen molar-refractivity contribution < 1.29 is 9.53 Å². The van der Waals surface area contributed by atoms with Gasteiger partial charge in [0, 0.05) is 20.1 Å². The highest BCUT2D eigenvalue weighted by Gasteiger charge is 2.17. The second kappa shape index (κ2) is 7.65. The number of ether oxygens (including phenoxy) is 1. The lowest BCUT2D eigenvalue weighted by Gasteiger charge is -2.23. The molecule has 0 atom stereocenters. The van der Waals surface area contributed by atoms with Gasteiger partial charge in [0.1, 0.15) is 0 Å². The number of carbonyl (C=O) groups excluding carboxylic acids is 1. The largest absolute Gasteiger partial charge is 0.383 e. The minimum Gasteiger partial charge on any atom is -0.383 e. The lowest BCUT2D eigenvalue weighted by molar-refractivity contribution is -0.121. The van der Waals surface area contributed by atoms with Crippen molar-refractivity contribution in [1.29, 1.82) is 0 Å². The molecule has 0 rings (SSSR count). The van der Waals surface area contributed by atoms with Crippen molar-refractivity contribution >= 4 is 5.91 Å². The van der Waals surface area contributed by atoms with E-state index >= 15 is 0 Å². The normalized spacial score (nSPS) is 11.5. The lowest BCUT2D eigenvalue weighted by atomic mass is 9.84. The van der Waals surface area contributed by atoms with Gasteiger partial charge in [-0.15, -0.1) is 0 Å². The molecule has 0 spiro atoms. The predicted molar refractivity (Wildman–Crippen MR) is 61.6 cm³/mol. The van der Waals surface area contributed by atoms with Crippen LogP contribution in [0.2, 0.25) is 0 Å². The molecule has 15 heavy (non-hydrogen) atoms. The monoisotopic (exact) mass is 216 g/mol. The van der Waals surface area contributed by atoms with E-state index in [1.165, 1.54) is 0 Å². The van der Waals surface area contributed by atoms with Gasteiger partial charge in [-0.25, -0.2) is 0 Å². The van der Waals surface area contributed by atoms with Gasteiger partial charge in [-0.3, -0.25) is 4.79 Å². The molecule has 0 bridgehead atoms. The molecule has 0 aromatic rings. The van der Waals surface area contributed by atoms with Gasteiger partial charge in [-0.2, -0.15) is 0 Å². The Morgan fingerprint density at radius 1 is 1.40 bits per heavy atom. The van der Waals surface area contributed by atoms with Crippen molar-refractivity contribution in [3.05, 3.63) is 0 Å². The van der Waals surface area contributed by atoms with Crippen molar-refractivity contribution in [2.45, 2.75) is 33.1 Å². The van der Waals surface area contributed by atoms with Crippen LogP contribution in [0.15, 0.2) is 0 Å². The first kappa shape index (κ1) is 14.4. The molecule has 0 saturated carbocycles. The van der Waals surface area contributed by atoms with Crippen LogP contribution in [0.5, 0.6) is 0 Å². The van der Waals surface area contributed by atoms with Crippen LogP contribution in [-0.2, 0) is 9.53 Å². The van der Waals surface area contributed by atoms with Crippen LogP contribution in [0.4, 0.5) is 0 Å². The van der Waals surface area contributed by atoms with E-state index in [-0.39, 0.29) is 11.3 Å². The Morgan fingerprint density at radius 3 is 2.60 bits per heavy atom. The standard InChI is InChI=1S/C11H24N2O2/c1-11(2,6-7-12)5-4-10(14)13-8-9-15-3/h4-9,12H2,1-3H3,(H,13,14). The Morgan fingerprint density at radius 2 is 2.07 bits per heavy atom. The molecule has 0 aliphatic rings. The first-order valence-electron chi connectivity index (χ1n) is 5.47. The smallest absolute Gasteiger partial charge is 0.220 e. The number of methoxy groups -OCH3 is 1. The highest BCUT2D eigenvalue weighted by Crippen LogP contribution is 2.25. The van der Waals surface area contributed by atoms with Gasteiger partial charge in [-0.05, 0) is 24.8 Å². The Bertz CT molecular complexity index is 181. The molecular formula is C11H24N2O2. The summed E-state index contributed by atoms with van der Waals surface area (Å²) in [5.74, 6) is 0.0946. The van der Waals surface area contributed by atoms with Gasteiger partial charge >= 0.3 is 0 Å². The van der Waals surface area contributed by atoms with Crippen LogP contribution >= 0.6 is 0 Å². The minimum absolute atomic E-state index is 0.0946. The summed E-state index contributed by atoms with van der Waals surface area (Å²) in [4.78, 5) is 11.4. The second-order valence-corrected chi connectivity index (χ2v) is 4.55. The third kappa shape index (κ3) is 8.39. The number of hydrogen-bond acceptors (Lipinski definition) is 3. The molecule has 4 nitrogen and oxygen atoms in total. The van der Waals surface area contributed by atoms with Crippen molar-refractivity contribution in [1.82, 2.24) is 5.32 Å². The number of carbonyl (C=O) groups is 1. The van der Waals surface area contributed by atoms with Crippen LogP contribution in [0.1, 0.15) is 33.1 Å². The molecule has 0 aromatic carbocycles. The van der Waals surface area contributed by atoms with Gasteiger partial charge in [0.25, 0.3) is 0 Å². The van der Waals surface area contributed by atoms with Gasteiger partial charge in [0.15, 0.2) is 0 Å². The van der Waals surface area contributed by atoms with Crippen LogP contribution in [0, 0.1) is 5.41 Å². The summed E-state index contributed by atoms with van der Waals surface area (Å²) in [6, 6.07) is 0. The first-order valence-corrected chi connectivity index (χ1v) is 5.47. The average molecular weight is 216 g/mol. The minimum atomic E-state index is 0.0946. The molecule has 1 amide bonds. The van der Waals surface area contributed by atoms with Gasteiger partial charge in [-0.1, -0.05) is 13.8 Å². The molecule has 0 aliphatic carbocycles. The van der Waals surface area contributed by atoms with Crippen molar-refractivity contribution in [3.63, 3.8) is 0 Å². The van der Waals surface area contributed by atoms with Crippen molar-refractivity contribution in [3.8, 4) is 0 Å². The number of hydrogen-bond donors (Lipinski definition) is 2. The molecule has 3 N–H and O–H groups in total. The first-order chi connectivity index (χ1) is 7.02. The molecule has 0 fully saturated rings. The van der Waals surface area contributed by atoms with E-state index < -0.39 is 0 Å². The molecule has 0 aliphatic heterocycles. The van der Waals surface area contributed by atoms with Crippen LogP contribution in [-0.4, -0.2) is 32.7 Å². The van der Waals surface area contributed by atoms with Gasteiger partial charge in [0.05, 0.1) is 6.61 Å². The van der Waals surface area contributed by atoms with E-state index in [0.717, 1.165) is 12.8 Å². The molecule has 4 heteroatoms. The SMILES string of the molecule is COCCNC(=O)CCC(C)(C)CCN. The predicted octanol–water partition coefficient (Wildman–Crippen LogP) is 0.904. The Hall–Kier alpha value is -0.610. The third-order valence-electron chi connectivity index (χ3n) is 2.48. The Kier molecular flexibility index (Phi) is 7.34. The summed E-state index contributed by atoms with van der Waals surface area (Å²) < 4.78 is 4.84. The van der Waals surface area contributed by atoms with Crippen molar-refractivity contribution in [2.24, 2.45) is 11.1 Å². The quantitative estimate of drug-likeness (QED) is 0.593. The van der Waals surface area contributed by atoms with E-state index in [1.54, 1.807) is 7.11 Å². The van der Waals surface area contributed by atoms with E-state index in [9.17, 15) is 4.79 Å². The summed E-state index contributed by atoms with van der Waals surface area (Å²) in [7, 11) is 1.62. The molecule has 0 radical (unpaired) electrons. The zero-order valence-corrected chi connectivity index (χ0v) is 10.1. The van der Waals surface area contributed by atoms with E-state index in [2.05, 4.69) is 19.2 Å². The summed E-state index contributed by atoms with van der Waals surface area (Å²) >= 11 is 0. The van der Waals surface area contributed by atoms with Crippen LogP contribution in [0.3, 0.4) is 0 Å². The average Bonchev–Trinajstić information content (AvgIpc) is 2.15. The zero-order chi connectivity index (χ0) is 11.7. The molecular weight excluding hydrogens is 192 g/mol. The van der Waals surface area contributed by atoms with E-state index in [4.69, 9.17) is 10.5 Å².